The molecule has 2 aromatic rings. The van der Waals surface area contributed by atoms with E-state index in [1.807, 2.05) is 0 Å². The standard InChI is InChI=1S/2C6H7O4P.Zr/c2*7-11(8,9)10-6-4-2-1-3-5-6;/h2*1-5H,(H2,7,8,9);/q;;+4/p-4. The smallest absolute Gasteiger partial charge is 0.780 e. The van der Waals surface area contributed by atoms with Crippen LogP contribution in [0.2, 0.25) is 0 Å². The third-order valence-corrected chi connectivity index (χ3v) is 2.79. The van der Waals surface area contributed by atoms with Crippen molar-refractivity contribution in [2.45, 2.75) is 0 Å². The van der Waals surface area contributed by atoms with Crippen molar-refractivity contribution < 1.29 is 64.0 Å². The van der Waals surface area contributed by atoms with Crippen molar-refractivity contribution in [1.29, 1.82) is 0 Å². The maximum Gasteiger partial charge on any atom is 4.00 e. The Labute approximate surface area is 151 Å². The first kappa shape index (κ1) is 22.2. The molecule has 0 saturated heterocycles. The number of benzene rings is 2. The third kappa shape index (κ3) is 12.3. The second-order valence-electron chi connectivity index (χ2n) is 3.70. The maximum atomic E-state index is 10.1. The summed E-state index contributed by atoms with van der Waals surface area (Å²) in [6, 6.07) is 15.2. The maximum absolute atomic E-state index is 10.1. The minimum atomic E-state index is -4.89. The molecule has 8 nitrogen and oxygen atoms in total. The number of hydrogen-bond donors (Lipinski definition) is 0. The minimum Gasteiger partial charge on any atom is -0.780 e. The van der Waals surface area contributed by atoms with Gasteiger partial charge in [0.1, 0.15) is 27.1 Å². The first-order chi connectivity index (χ1) is 10.2. The van der Waals surface area contributed by atoms with Crippen molar-refractivity contribution in [2.24, 2.45) is 0 Å². The number of hydrogen-bond acceptors (Lipinski definition) is 8. The average molecular weight is 435 g/mol. The van der Waals surface area contributed by atoms with Gasteiger partial charge in [0.15, 0.2) is 0 Å². The molecule has 2 rings (SSSR count). The van der Waals surface area contributed by atoms with Gasteiger partial charge in [0, 0.05) is 0 Å². The molecule has 0 fully saturated rings. The summed E-state index contributed by atoms with van der Waals surface area (Å²) in [6.07, 6.45) is 0. The SMILES string of the molecule is O=P([O-])([O-])Oc1ccccc1.O=P([O-])([O-])Oc1ccccc1.[Zr+4]. The molecule has 0 radical (unpaired) electrons. The molecular formula is C12H10O8P2Zr. The molecule has 0 atom stereocenters. The number of phosphoric ester groups is 2. The van der Waals surface area contributed by atoms with Crippen LogP contribution in [-0.2, 0) is 35.3 Å². The molecule has 23 heavy (non-hydrogen) atoms. The molecule has 0 aliphatic heterocycles. The Morgan fingerprint density at radius 2 is 0.870 bits per heavy atom. The molecule has 11 heteroatoms. The average Bonchev–Trinajstić information content (AvgIpc) is 2.38. The van der Waals surface area contributed by atoms with Crippen LogP contribution < -0.4 is 28.6 Å². The van der Waals surface area contributed by atoms with Gasteiger partial charge in [0.05, 0.1) is 0 Å². The van der Waals surface area contributed by atoms with Gasteiger partial charge in [-0.25, -0.2) is 0 Å². The second-order valence-corrected chi connectivity index (χ2v) is 5.86. The van der Waals surface area contributed by atoms with Gasteiger partial charge in [-0.3, -0.25) is 0 Å². The van der Waals surface area contributed by atoms with Crippen molar-refractivity contribution in [2.75, 3.05) is 0 Å². The van der Waals surface area contributed by atoms with E-state index in [0.717, 1.165) is 0 Å². The molecule has 0 aliphatic carbocycles. The fraction of sp³-hybridized carbons (Fsp3) is 0. The fourth-order valence-electron chi connectivity index (χ4n) is 1.22. The summed E-state index contributed by atoms with van der Waals surface area (Å²) >= 11 is 0. The Morgan fingerprint density at radius 3 is 1.09 bits per heavy atom. The van der Waals surface area contributed by atoms with Gasteiger partial charge in [0.2, 0.25) is 0 Å². The van der Waals surface area contributed by atoms with Gasteiger partial charge < -0.3 is 37.8 Å². The topological polar surface area (TPSA) is 145 Å². The van der Waals surface area contributed by atoms with Crippen molar-refractivity contribution in [3.8, 4) is 11.5 Å². The predicted octanol–water partition coefficient (Wildman–Crippen LogP) is -0.214. The van der Waals surface area contributed by atoms with Gasteiger partial charge in [-0.1, -0.05) is 36.4 Å². The van der Waals surface area contributed by atoms with E-state index in [4.69, 9.17) is 0 Å². The molecule has 0 aromatic heterocycles. The van der Waals surface area contributed by atoms with Crippen molar-refractivity contribution in [1.82, 2.24) is 0 Å². The predicted molar refractivity (Wildman–Crippen MR) is 69.4 cm³/mol. The summed E-state index contributed by atoms with van der Waals surface area (Å²) in [5, 5.41) is 0. The van der Waals surface area contributed by atoms with E-state index in [2.05, 4.69) is 9.05 Å². The van der Waals surface area contributed by atoms with Gasteiger partial charge in [-0.05, 0) is 24.3 Å². The first-order valence-electron chi connectivity index (χ1n) is 5.69. The molecular weight excluding hydrogens is 425 g/mol. The summed E-state index contributed by atoms with van der Waals surface area (Å²) in [5.41, 5.74) is 0. The summed E-state index contributed by atoms with van der Waals surface area (Å²) in [4.78, 5) is 40.2. The van der Waals surface area contributed by atoms with Gasteiger partial charge in [-0.2, -0.15) is 0 Å². The summed E-state index contributed by atoms with van der Waals surface area (Å²) in [6.45, 7) is 0. The molecule has 120 valence electrons. The summed E-state index contributed by atoms with van der Waals surface area (Å²) in [5.74, 6) is 0.0849. The van der Waals surface area contributed by atoms with Crippen LogP contribution in [0.1, 0.15) is 0 Å². The monoisotopic (exact) mass is 434 g/mol. The summed E-state index contributed by atoms with van der Waals surface area (Å²) in [7, 11) is -9.78. The molecule has 0 heterocycles. The molecule has 0 N–H and O–H groups in total. The molecule has 0 unspecified atom stereocenters. The molecule has 0 saturated carbocycles. The molecule has 0 aliphatic rings. The third-order valence-electron chi connectivity index (χ3n) is 1.92. The number of phosphoric acid groups is 2. The Morgan fingerprint density at radius 1 is 0.609 bits per heavy atom. The van der Waals surface area contributed by atoms with Crippen LogP contribution in [0.4, 0.5) is 0 Å². The fourth-order valence-corrected chi connectivity index (χ4v) is 1.98. The molecule has 0 spiro atoms. The number of para-hydroxylation sites is 2. The van der Waals surface area contributed by atoms with E-state index < -0.39 is 15.6 Å². The van der Waals surface area contributed by atoms with E-state index in [1.54, 1.807) is 36.4 Å². The molecule has 2 aromatic carbocycles. The zero-order valence-electron chi connectivity index (χ0n) is 11.4. The minimum absolute atomic E-state index is 0. The quantitative estimate of drug-likeness (QED) is 0.600. The van der Waals surface area contributed by atoms with Crippen LogP contribution in [0.25, 0.3) is 0 Å². The Kier molecular flexibility index (Phi) is 9.82. The summed E-state index contributed by atoms with van der Waals surface area (Å²) < 4.78 is 28.2. The zero-order valence-corrected chi connectivity index (χ0v) is 15.7. The molecule has 0 amide bonds. The van der Waals surface area contributed by atoms with Gasteiger partial charge in [0.25, 0.3) is 0 Å². The Balaban J connectivity index is 0.000000403. The van der Waals surface area contributed by atoms with E-state index >= 15 is 0 Å². The van der Waals surface area contributed by atoms with Crippen molar-refractivity contribution >= 4 is 15.6 Å². The second kappa shape index (κ2) is 10.2. The van der Waals surface area contributed by atoms with E-state index in [9.17, 15) is 28.7 Å². The van der Waals surface area contributed by atoms with E-state index in [0.29, 0.717) is 0 Å². The van der Waals surface area contributed by atoms with Crippen molar-refractivity contribution in [3.63, 3.8) is 0 Å². The van der Waals surface area contributed by atoms with E-state index in [-0.39, 0.29) is 37.7 Å². The van der Waals surface area contributed by atoms with E-state index in [1.165, 1.54) is 24.3 Å². The van der Waals surface area contributed by atoms with Crippen LogP contribution in [0, 0.1) is 0 Å². The van der Waals surface area contributed by atoms with Crippen molar-refractivity contribution in [3.05, 3.63) is 60.7 Å². The van der Waals surface area contributed by atoms with Crippen LogP contribution >= 0.6 is 15.6 Å². The Bertz CT molecular complexity index is 596. The van der Waals surface area contributed by atoms with Crippen LogP contribution in [0.5, 0.6) is 11.5 Å². The van der Waals surface area contributed by atoms with Crippen LogP contribution in [-0.4, -0.2) is 0 Å². The molecule has 0 bridgehead atoms. The van der Waals surface area contributed by atoms with Crippen LogP contribution in [0.15, 0.2) is 60.7 Å². The van der Waals surface area contributed by atoms with Crippen LogP contribution in [0.3, 0.4) is 0 Å². The van der Waals surface area contributed by atoms with Gasteiger partial charge >= 0.3 is 26.2 Å². The first-order valence-corrected chi connectivity index (χ1v) is 8.61. The normalized spacial score (nSPS) is 10.6. The largest absolute Gasteiger partial charge is 4.00 e. The zero-order chi connectivity index (χ0) is 16.6. The Hall–Kier alpha value is -0.777. The number of rotatable bonds is 4. The van der Waals surface area contributed by atoms with Gasteiger partial charge in [-0.15, -0.1) is 0 Å².